The molecule has 2 heterocycles. The van der Waals surface area contributed by atoms with Crippen LogP contribution in [0.4, 0.5) is 0 Å². The van der Waals surface area contributed by atoms with Crippen molar-refractivity contribution >= 4 is 27.0 Å². The van der Waals surface area contributed by atoms with Gasteiger partial charge in [-0.1, -0.05) is 42.5 Å². The molecule has 0 unspecified atom stereocenters. The van der Waals surface area contributed by atoms with Gasteiger partial charge < -0.3 is 9.30 Å². The number of rotatable bonds is 7. The van der Waals surface area contributed by atoms with E-state index in [1.807, 2.05) is 37.3 Å². The van der Waals surface area contributed by atoms with Crippen LogP contribution in [0.2, 0.25) is 0 Å². The standard InChI is InChI=1S/C28H29N3O4S/c1-3-30-25-15-14-21(28(32)35-4-2)18-24(25)29-27(30)19-26-23-13-9-8-10-20(23)16-17-31(26)36(33,34)22-11-6-5-7-12-22/h5-15,18,26H,3-4,16-17,19H2,1-2H3/t26-/m1/s1. The van der Waals surface area contributed by atoms with Crippen LogP contribution in [-0.2, 0) is 34.1 Å². The number of aryl methyl sites for hydroxylation is 1. The lowest BCUT2D eigenvalue weighted by atomic mass is 9.92. The van der Waals surface area contributed by atoms with E-state index < -0.39 is 16.1 Å². The largest absolute Gasteiger partial charge is 0.462 e. The maximum atomic E-state index is 13.8. The number of carbonyl (C=O) groups excluding carboxylic acids is 1. The van der Waals surface area contributed by atoms with Gasteiger partial charge in [-0.15, -0.1) is 0 Å². The number of sulfonamides is 1. The maximum absolute atomic E-state index is 13.8. The number of carbonyl (C=O) groups is 1. The molecule has 0 N–H and O–H groups in total. The number of ether oxygens (including phenoxy) is 1. The minimum absolute atomic E-state index is 0.289. The highest BCUT2D eigenvalue weighted by Crippen LogP contribution is 2.37. The van der Waals surface area contributed by atoms with E-state index >= 15 is 0 Å². The molecule has 186 valence electrons. The molecule has 4 aromatic rings. The van der Waals surface area contributed by atoms with Gasteiger partial charge in [0.25, 0.3) is 0 Å². The van der Waals surface area contributed by atoms with Gasteiger partial charge in [-0.25, -0.2) is 18.2 Å². The van der Waals surface area contributed by atoms with Gasteiger partial charge in [0.15, 0.2) is 0 Å². The van der Waals surface area contributed by atoms with E-state index in [2.05, 4.69) is 10.6 Å². The average Bonchev–Trinajstić information content (AvgIpc) is 3.25. The molecule has 8 heteroatoms. The van der Waals surface area contributed by atoms with Crippen LogP contribution >= 0.6 is 0 Å². The molecule has 1 aliphatic heterocycles. The van der Waals surface area contributed by atoms with Crippen LogP contribution in [0.15, 0.2) is 77.7 Å². The molecule has 0 amide bonds. The zero-order valence-electron chi connectivity index (χ0n) is 20.4. The fourth-order valence-electron chi connectivity index (χ4n) is 5.06. The number of nitrogens with zero attached hydrogens (tertiary/aromatic N) is 3. The molecule has 7 nitrogen and oxygen atoms in total. The summed E-state index contributed by atoms with van der Waals surface area (Å²) in [6.45, 7) is 5.19. The van der Waals surface area contributed by atoms with Gasteiger partial charge in [0.1, 0.15) is 5.82 Å². The first-order chi connectivity index (χ1) is 17.4. The van der Waals surface area contributed by atoms with Crippen molar-refractivity contribution in [2.45, 2.75) is 44.2 Å². The molecule has 0 spiro atoms. The summed E-state index contributed by atoms with van der Waals surface area (Å²) in [6, 6.07) is 21.6. The molecule has 36 heavy (non-hydrogen) atoms. The van der Waals surface area contributed by atoms with Crippen LogP contribution in [0.1, 0.15) is 47.2 Å². The third kappa shape index (κ3) is 4.31. The van der Waals surface area contributed by atoms with Crippen molar-refractivity contribution in [3.8, 4) is 0 Å². The first-order valence-corrected chi connectivity index (χ1v) is 13.7. The second-order valence-electron chi connectivity index (χ2n) is 8.79. The van der Waals surface area contributed by atoms with Gasteiger partial charge in [-0.2, -0.15) is 4.31 Å². The molecule has 0 saturated carbocycles. The van der Waals surface area contributed by atoms with E-state index in [1.54, 1.807) is 47.6 Å². The van der Waals surface area contributed by atoms with Crippen molar-refractivity contribution in [1.82, 2.24) is 13.9 Å². The number of esters is 1. The molecule has 1 aliphatic rings. The highest BCUT2D eigenvalue weighted by atomic mass is 32.2. The molecule has 1 atom stereocenters. The molecular weight excluding hydrogens is 474 g/mol. The smallest absolute Gasteiger partial charge is 0.338 e. The molecule has 0 radical (unpaired) electrons. The van der Waals surface area contributed by atoms with E-state index in [-0.39, 0.29) is 10.9 Å². The zero-order valence-corrected chi connectivity index (χ0v) is 21.2. The predicted molar refractivity (Wildman–Crippen MR) is 138 cm³/mol. The molecular formula is C28H29N3O4S. The topological polar surface area (TPSA) is 81.5 Å². The summed E-state index contributed by atoms with van der Waals surface area (Å²) in [4.78, 5) is 17.4. The Kier molecular flexibility index (Phi) is 6.64. The van der Waals surface area contributed by atoms with E-state index in [0.717, 1.165) is 22.5 Å². The lowest BCUT2D eigenvalue weighted by Crippen LogP contribution is -2.41. The summed E-state index contributed by atoms with van der Waals surface area (Å²) in [5.41, 5.74) is 4.21. The minimum atomic E-state index is -3.71. The second kappa shape index (κ2) is 9.87. The molecule has 0 aliphatic carbocycles. The van der Waals surface area contributed by atoms with E-state index in [0.29, 0.717) is 43.6 Å². The average molecular weight is 504 g/mol. The summed E-state index contributed by atoms with van der Waals surface area (Å²) >= 11 is 0. The Morgan fingerprint density at radius 3 is 2.53 bits per heavy atom. The van der Waals surface area contributed by atoms with Crippen LogP contribution < -0.4 is 0 Å². The Balaban J connectivity index is 1.59. The highest BCUT2D eigenvalue weighted by molar-refractivity contribution is 7.89. The number of imidazole rings is 1. The minimum Gasteiger partial charge on any atom is -0.462 e. The van der Waals surface area contributed by atoms with Crippen molar-refractivity contribution in [2.75, 3.05) is 13.2 Å². The molecule has 0 fully saturated rings. The van der Waals surface area contributed by atoms with Gasteiger partial charge >= 0.3 is 5.97 Å². The Morgan fingerprint density at radius 2 is 1.78 bits per heavy atom. The fraction of sp³-hybridized carbons (Fsp3) is 0.286. The molecule has 5 rings (SSSR count). The first kappa shape index (κ1) is 24.2. The van der Waals surface area contributed by atoms with E-state index in [9.17, 15) is 13.2 Å². The SMILES string of the molecule is CCOC(=O)c1ccc2c(c1)nc(C[C@@H]1c3ccccc3CCN1S(=O)(=O)c1ccccc1)n2CC. The van der Waals surface area contributed by atoms with Crippen LogP contribution in [0, 0.1) is 0 Å². The third-order valence-electron chi connectivity index (χ3n) is 6.74. The molecule has 0 bridgehead atoms. The van der Waals surface area contributed by atoms with E-state index in [1.165, 1.54) is 0 Å². The van der Waals surface area contributed by atoms with Crippen LogP contribution in [-0.4, -0.2) is 41.4 Å². The monoisotopic (exact) mass is 503 g/mol. The van der Waals surface area contributed by atoms with Crippen molar-refractivity contribution in [1.29, 1.82) is 0 Å². The lowest BCUT2D eigenvalue weighted by molar-refractivity contribution is 0.0526. The van der Waals surface area contributed by atoms with Crippen LogP contribution in [0.3, 0.4) is 0 Å². The lowest BCUT2D eigenvalue weighted by Gasteiger charge is -2.36. The second-order valence-corrected chi connectivity index (χ2v) is 10.7. The fourth-order valence-corrected chi connectivity index (χ4v) is 6.69. The number of hydrogen-bond acceptors (Lipinski definition) is 5. The number of aromatic nitrogens is 2. The molecule has 1 aromatic heterocycles. The normalized spacial score (nSPS) is 16.1. The van der Waals surface area contributed by atoms with Gasteiger partial charge in [0.05, 0.1) is 34.1 Å². The summed E-state index contributed by atoms with van der Waals surface area (Å²) in [6.07, 6.45) is 1.08. The Hall–Kier alpha value is -3.49. The van der Waals surface area contributed by atoms with E-state index in [4.69, 9.17) is 9.72 Å². The summed E-state index contributed by atoms with van der Waals surface area (Å²) < 4.78 is 36.4. The summed E-state index contributed by atoms with van der Waals surface area (Å²) in [5.74, 6) is 0.400. The third-order valence-corrected chi connectivity index (χ3v) is 8.67. The predicted octanol–water partition coefficient (Wildman–Crippen LogP) is 4.76. The van der Waals surface area contributed by atoms with Gasteiger partial charge in [0.2, 0.25) is 10.0 Å². The number of hydrogen-bond donors (Lipinski definition) is 0. The summed E-state index contributed by atoms with van der Waals surface area (Å²) in [5, 5.41) is 0. The van der Waals surface area contributed by atoms with Crippen molar-refractivity contribution in [3.63, 3.8) is 0 Å². The van der Waals surface area contributed by atoms with Crippen LogP contribution in [0.5, 0.6) is 0 Å². The maximum Gasteiger partial charge on any atom is 0.338 e. The number of benzene rings is 3. The van der Waals surface area contributed by atoms with Crippen molar-refractivity contribution in [3.05, 3.63) is 95.3 Å². The highest BCUT2D eigenvalue weighted by Gasteiger charge is 2.37. The van der Waals surface area contributed by atoms with Crippen molar-refractivity contribution in [2.24, 2.45) is 0 Å². The zero-order chi connectivity index (χ0) is 25.3. The van der Waals surface area contributed by atoms with Gasteiger partial charge in [-0.05, 0) is 61.7 Å². The Labute approximate surface area is 211 Å². The first-order valence-electron chi connectivity index (χ1n) is 12.2. The summed E-state index contributed by atoms with van der Waals surface area (Å²) in [7, 11) is -3.71. The molecule has 0 saturated heterocycles. The quantitative estimate of drug-likeness (QED) is 0.340. The Morgan fingerprint density at radius 1 is 1.03 bits per heavy atom. The van der Waals surface area contributed by atoms with Crippen molar-refractivity contribution < 1.29 is 17.9 Å². The van der Waals surface area contributed by atoms with Gasteiger partial charge in [0, 0.05) is 19.5 Å². The Bertz CT molecular complexity index is 1510. The van der Waals surface area contributed by atoms with Crippen LogP contribution in [0.25, 0.3) is 11.0 Å². The number of fused-ring (bicyclic) bond motifs is 2. The molecule has 3 aromatic carbocycles. The van der Waals surface area contributed by atoms with Gasteiger partial charge in [-0.3, -0.25) is 0 Å².